The summed E-state index contributed by atoms with van der Waals surface area (Å²) in [5.41, 5.74) is 1.51. The first-order chi connectivity index (χ1) is 9.13. The highest BCUT2D eigenvalue weighted by atomic mass is 35.5. The van der Waals surface area contributed by atoms with E-state index in [-0.39, 0.29) is 0 Å². The molecule has 0 aliphatic heterocycles. The van der Waals surface area contributed by atoms with Gasteiger partial charge in [-0.25, -0.2) is 0 Å². The van der Waals surface area contributed by atoms with Gasteiger partial charge < -0.3 is 9.47 Å². The Morgan fingerprint density at radius 2 is 2.21 bits per heavy atom. The number of hydrogen-bond donors (Lipinski definition) is 0. The van der Waals surface area contributed by atoms with Gasteiger partial charge in [0, 0.05) is 36.8 Å². The van der Waals surface area contributed by atoms with Gasteiger partial charge in [0.1, 0.15) is 11.8 Å². The first kappa shape index (κ1) is 15.2. The third kappa shape index (κ3) is 4.09. The maximum absolute atomic E-state index is 9.12. The summed E-state index contributed by atoms with van der Waals surface area (Å²) < 4.78 is 10.5. The lowest BCUT2D eigenvalue weighted by molar-refractivity contribution is 0.172. The topological polar surface area (TPSA) is 54.6 Å². The lowest BCUT2D eigenvalue weighted by Crippen LogP contribution is -2.02. The highest BCUT2D eigenvalue weighted by Crippen LogP contribution is 2.34. The monoisotopic (exact) mass is 278 g/mol. The van der Waals surface area contributed by atoms with E-state index in [9.17, 15) is 0 Å². The van der Waals surface area contributed by atoms with Crippen molar-refractivity contribution in [2.24, 2.45) is 4.99 Å². The molecule has 100 valence electrons. The normalized spacial score (nSPS) is 9.74. The second-order valence-corrected chi connectivity index (χ2v) is 4.19. The molecule has 0 fully saturated rings. The van der Waals surface area contributed by atoms with Crippen LogP contribution in [0.2, 0.25) is 0 Å². The van der Waals surface area contributed by atoms with Crippen molar-refractivity contribution in [2.75, 3.05) is 20.3 Å². The smallest absolute Gasteiger partial charge is 0.139 e. The molecule has 19 heavy (non-hydrogen) atoms. The molecule has 0 aliphatic rings. The number of nitrogens with zero attached hydrogens (tertiary/aromatic N) is 2. The fourth-order valence-corrected chi connectivity index (χ4v) is 1.66. The van der Waals surface area contributed by atoms with Crippen molar-refractivity contribution in [1.29, 1.82) is 5.26 Å². The van der Waals surface area contributed by atoms with Crippen LogP contribution >= 0.6 is 11.6 Å². The molecule has 0 heterocycles. The van der Waals surface area contributed by atoms with E-state index >= 15 is 0 Å². The Bertz CT molecular complexity index is 521. The van der Waals surface area contributed by atoms with Crippen LogP contribution in [0.15, 0.2) is 23.7 Å². The lowest BCUT2D eigenvalue weighted by Gasteiger charge is -2.11. The van der Waals surface area contributed by atoms with Gasteiger partial charge in [0.15, 0.2) is 0 Å². The van der Waals surface area contributed by atoms with E-state index < -0.39 is 0 Å². The molecular formula is C14H15ClN2O2. The number of methoxy groups -OCH3 is 1. The molecule has 0 bridgehead atoms. The molecule has 1 rings (SSSR count). The third-order valence-corrected chi connectivity index (χ3v) is 2.63. The summed E-state index contributed by atoms with van der Waals surface area (Å²) in [6.07, 6.45) is 0.738. The van der Waals surface area contributed by atoms with Gasteiger partial charge in [-0.15, -0.1) is 0 Å². The summed E-state index contributed by atoms with van der Waals surface area (Å²) in [6, 6.07) is 5.31. The average molecular weight is 279 g/mol. The number of rotatable bonds is 7. The Morgan fingerprint density at radius 3 is 2.74 bits per heavy atom. The van der Waals surface area contributed by atoms with Crippen LogP contribution in [0, 0.1) is 11.3 Å². The SMILES string of the molecule is C=Nc1cc(OCCCOC)c(C#N)cc1C(=C)Cl. The number of ether oxygens (including phenoxy) is 2. The molecule has 1 aromatic carbocycles. The first-order valence-electron chi connectivity index (χ1n) is 5.65. The summed E-state index contributed by atoms with van der Waals surface area (Å²) in [5, 5.41) is 9.43. The number of aliphatic imine (C=N–C) groups is 1. The number of benzene rings is 1. The molecule has 0 N–H and O–H groups in total. The minimum Gasteiger partial charge on any atom is -0.492 e. The van der Waals surface area contributed by atoms with Crippen molar-refractivity contribution < 1.29 is 9.47 Å². The zero-order valence-corrected chi connectivity index (χ0v) is 11.5. The molecule has 0 atom stereocenters. The summed E-state index contributed by atoms with van der Waals surface area (Å²) in [5.74, 6) is 0.461. The number of nitriles is 1. The van der Waals surface area contributed by atoms with E-state index in [4.69, 9.17) is 26.3 Å². The minimum atomic E-state index is 0.310. The molecule has 0 unspecified atom stereocenters. The van der Waals surface area contributed by atoms with Crippen molar-refractivity contribution in [3.63, 3.8) is 0 Å². The van der Waals surface area contributed by atoms with E-state index in [1.165, 1.54) is 0 Å². The molecular weight excluding hydrogens is 264 g/mol. The Kier molecular flexibility index (Phi) is 6.07. The van der Waals surface area contributed by atoms with Gasteiger partial charge in [-0.1, -0.05) is 18.2 Å². The second kappa shape index (κ2) is 7.57. The van der Waals surface area contributed by atoms with Gasteiger partial charge in [0.25, 0.3) is 0 Å². The second-order valence-electron chi connectivity index (χ2n) is 3.74. The Morgan fingerprint density at radius 1 is 1.47 bits per heavy atom. The fraction of sp³-hybridized carbons (Fsp3) is 0.286. The average Bonchev–Trinajstić information content (AvgIpc) is 2.42. The number of hydrogen-bond acceptors (Lipinski definition) is 4. The zero-order chi connectivity index (χ0) is 14.3. The van der Waals surface area contributed by atoms with Crippen molar-refractivity contribution in [2.45, 2.75) is 6.42 Å². The van der Waals surface area contributed by atoms with Crippen LogP contribution in [-0.4, -0.2) is 27.0 Å². The van der Waals surface area contributed by atoms with Gasteiger partial charge in [0.05, 0.1) is 17.9 Å². The van der Waals surface area contributed by atoms with Crippen molar-refractivity contribution in [1.82, 2.24) is 0 Å². The van der Waals surface area contributed by atoms with Crippen LogP contribution in [-0.2, 0) is 4.74 Å². The van der Waals surface area contributed by atoms with E-state index in [1.807, 2.05) is 0 Å². The Hall–Kier alpha value is -1.83. The highest BCUT2D eigenvalue weighted by Gasteiger charge is 2.11. The van der Waals surface area contributed by atoms with Gasteiger partial charge in [-0.3, -0.25) is 4.99 Å². The standard InChI is InChI=1S/C14H15ClN2O2/c1-10(15)12-7-11(9-16)14(8-13(12)17-2)19-6-4-5-18-3/h7-8H,1-2,4-6H2,3H3. The summed E-state index contributed by atoms with van der Waals surface area (Å²) in [7, 11) is 1.63. The third-order valence-electron chi connectivity index (χ3n) is 2.43. The van der Waals surface area contributed by atoms with Gasteiger partial charge in [0.2, 0.25) is 0 Å². The van der Waals surface area contributed by atoms with Gasteiger partial charge >= 0.3 is 0 Å². The highest BCUT2D eigenvalue weighted by molar-refractivity contribution is 6.48. The molecule has 0 amide bonds. The van der Waals surface area contributed by atoms with Gasteiger partial charge in [-0.05, 0) is 12.8 Å². The van der Waals surface area contributed by atoms with Crippen LogP contribution in [0.4, 0.5) is 5.69 Å². The van der Waals surface area contributed by atoms with E-state index in [1.54, 1.807) is 19.2 Å². The molecule has 4 nitrogen and oxygen atoms in total. The molecule has 1 aromatic rings. The molecule has 0 spiro atoms. The molecule has 0 radical (unpaired) electrons. The predicted molar refractivity (Wildman–Crippen MR) is 77.2 cm³/mol. The van der Waals surface area contributed by atoms with Crippen molar-refractivity contribution in [3.05, 3.63) is 29.8 Å². The van der Waals surface area contributed by atoms with Crippen molar-refractivity contribution in [3.8, 4) is 11.8 Å². The minimum absolute atomic E-state index is 0.310. The van der Waals surface area contributed by atoms with Crippen molar-refractivity contribution >= 4 is 29.0 Å². The van der Waals surface area contributed by atoms with E-state index in [0.717, 1.165) is 6.42 Å². The molecule has 0 aliphatic carbocycles. The van der Waals surface area contributed by atoms with Gasteiger partial charge in [-0.2, -0.15) is 5.26 Å². The Labute approximate surface area is 117 Å². The molecule has 0 saturated carbocycles. The lowest BCUT2D eigenvalue weighted by atomic mass is 10.1. The largest absolute Gasteiger partial charge is 0.492 e. The fourth-order valence-electron chi connectivity index (χ4n) is 1.51. The molecule has 5 heteroatoms. The van der Waals surface area contributed by atoms with Crippen LogP contribution in [0.3, 0.4) is 0 Å². The maximum atomic E-state index is 9.12. The van der Waals surface area contributed by atoms with E-state index in [2.05, 4.69) is 24.4 Å². The number of halogens is 1. The van der Waals surface area contributed by atoms with E-state index in [0.29, 0.717) is 40.8 Å². The predicted octanol–water partition coefficient (Wildman–Crippen LogP) is 3.52. The quantitative estimate of drug-likeness (QED) is 0.566. The van der Waals surface area contributed by atoms with Crippen LogP contribution in [0.5, 0.6) is 5.75 Å². The maximum Gasteiger partial charge on any atom is 0.139 e. The van der Waals surface area contributed by atoms with Crippen LogP contribution in [0.1, 0.15) is 17.5 Å². The summed E-state index contributed by atoms with van der Waals surface area (Å²) in [4.78, 5) is 3.86. The summed E-state index contributed by atoms with van der Waals surface area (Å²) in [6.45, 7) is 8.17. The Balaban J connectivity index is 3.01. The van der Waals surface area contributed by atoms with Crippen LogP contribution < -0.4 is 4.74 Å². The zero-order valence-electron chi connectivity index (χ0n) is 10.8. The molecule has 0 aromatic heterocycles. The van der Waals surface area contributed by atoms with Crippen LogP contribution in [0.25, 0.3) is 5.03 Å². The molecule has 0 saturated heterocycles. The first-order valence-corrected chi connectivity index (χ1v) is 6.03. The summed E-state index contributed by atoms with van der Waals surface area (Å²) >= 11 is 5.86.